The fraction of sp³-hybridized carbons (Fsp3) is 0.917. The number of hydrogen-bond acceptors (Lipinski definition) is 3. The molecule has 0 fully saturated rings. The first-order valence-corrected chi connectivity index (χ1v) is 6.13. The molecule has 0 heterocycles. The Morgan fingerprint density at radius 3 is 2.38 bits per heavy atom. The molecule has 0 saturated heterocycles. The SMILES string of the molecule is CCCN(CCO)CC(=O)NC(C)C(C)C. The summed E-state index contributed by atoms with van der Waals surface area (Å²) in [6, 6.07) is 0.199. The first-order valence-electron chi connectivity index (χ1n) is 6.13. The van der Waals surface area contributed by atoms with Gasteiger partial charge in [0.2, 0.25) is 5.91 Å². The normalized spacial score (nSPS) is 13.2. The van der Waals surface area contributed by atoms with Gasteiger partial charge in [-0.1, -0.05) is 20.8 Å². The van der Waals surface area contributed by atoms with Crippen molar-refractivity contribution in [2.75, 3.05) is 26.2 Å². The van der Waals surface area contributed by atoms with Crippen molar-refractivity contribution in [1.82, 2.24) is 10.2 Å². The van der Waals surface area contributed by atoms with Gasteiger partial charge in [0, 0.05) is 12.6 Å². The van der Waals surface area contributed by atoms with Gasteiger partial charge in [-0.2, -0.15) is 0 Å². The number of carbonyl (C=O) groups is 1. The van der Waals surface area contributed by atoms with Crippen LogP contribution in [0.1, 0.15) is 34.1 Å². The third-order valence-corrected chi connectivity index (χ3v) is 2.71. The molecule has 0 aromatic rings. The van der Waals surface area contributed by atoms with E-state index in [-0.39, 0.29) is 18.6 Å². The maximum absolute atomic E-state index is 11.7. The molecule has 0 bridgehead atoms. The minimum atomic E-state index is 0.0445. The van der Waals surface area contributed by atoms with E-state index in [1.165, 1.54) is 0 Å². The van der Waals surface area contributed by atoms with Gasteiger partial charge >= 0.3 is 0 Å². The predicted octanol–water partition coefficient (Wildman–Crippen LogP) is 0.851. The minimum Gasteiger partial charge on any atom is -0.395 e. The van der Waals surface area contributed by atoms with Gasteiger partial charge in [-0.15, -0.1) is 0 Å². The van der Waals surface area contributed by atoms with Crippen LogP contribution in [0, 0.1) is 5.92 Å². The zero-order valence-corrected chi connectivity index (χ0v) is 11.0. The van der Waals surface area contributed by atoms with E-state index in [2.05, 4.69) is 26.1 Å². The summed E-state index contributed by atoms with van der Waals surface area (Å²) in [4.78, 5) is 13.7. The van der Waals surface area contributed by atoms with E-state index in [0.717, 1.165) is 13.0 Å². The lowest BCUT2D eigenvalue weighted by atomic mass is 10.1. The first kappa shape index (κ1) is 15.4. The van der Waals surface area contributed by atoms with Crippen LogP contribution >= 0.6 is 0 Å². The highest BCUT2D eigenvalue weighted by Gasteiger charge is 2.13. The molecular formula is C12H26N2O2. The number of aliphatic hydroxyl groups is 1. The van der Waals surface area contributed by atoms with E-state index >= 15 is 0 Å². The van der Waals surface area contributed by atoms with Crippen LogP contribution in [-0.2, 0) is 4.79 Å². The molecule has 0 spiro atoms. The Hall–Kier alpha value is -0.610. The summed E-state index contributed by atoms with van der Waals surface area (Å²) in [6.07, 6.45) is 0.993. The Morgan fingerprint density at radius 1 is 1.31 bits per heavy atom. The molecule has 0 aromatic carbocycles. The van der Waals surface area contributed by atoms with Gasteiger partial charge in [0.05, 0.1) is 13.2 Å². The van der Waals surface area contributed by atoms with Gasteiger partial charge in [0.25, 0.3) is 0 Å². The molecular weight excluding hydrogens is 204 g/mol. The van der Waals surface area contributed by atoms with Crippen LogP contribution in [0.25, 0.3) is 0 Å². The summed E-state index contributed by atoms with van der Waals surface area (Å²) in [5.74, 6) is 0.490. The summed E-state index contributed by atoms with van der Waals surface area (Å²) < 4.78 is 0. The van der Waals surface area contributed by atoms with Crippen molar-refractivity contribution in [3.05, 3.63) is 0 Å². The van der Waals surface area contributed by atoms with Gasteiger partial charge in [0.1, 0.15) is 0 Å². The molecule has 0 rings (SSSR count). The number of amides is 1. The van der Waals surface area contributed by atoms with Gasteiger partial charge in [-0.25, -0.2) is 0 Å². The molecule has 96 valence electrons. The average molecular weight is 230 g/mol. The van der Waals surface area contributed by atoms with E-state index < -0.39 is 0 Å². The smallest absolute Gasteiger partial charge is 0.234 e. The van der Waals surface area contributed by atoms with Gasteiger partial charge in [-0.3, -0.25) is 9.69 Å². The van der Waals surface area contributed by atoms with E-state index in [9.17, 15) is 4.79 Å². The van der Waals surface area contributed by atoms with E-state index in [4.69, 9.17) is 5.11 Å². The molecule has 2 N–H and O–H groups in total. The maximum atomic E-state index is 11.7. The number of aliphatic hydroxyl groups excluding tert-OH is 1. The molecule has 1 amide bonds. The zero-order chi connectivity index (χ0) is 12.6. The van der Waals surface area contributed by atoms with Crippen LogP contribution in [0.5, 0.6) is 0 Å². The Morgan fingerprint density at radius 2 is 1.94 bits per heavy atom. The highest BCUT2D eigenvalue weighted by molar-refractivity contribution is 5.78. The standard InChI is InChI=1S/C12H26N2O2/c1-5-6-14(7-8-15)9-12(16)13-11(4)10(2)3/h10-11,15H,5-9H2,1-4H3,(H,13,16). The molecule has 0 aromatic heterocycles. The molecule has 4 heteroatoms. The van der Waals surface area contributed by atoms with E-state index in [1.807, 2.05) is 11.8 Å². The zero-order valence-electron chi connectivity index (χ0n) is 11.0. The summed E-state index contributed by atoms with van der Waals surface area (Å²) in [5, 5.41) is 11.8. The van der Waals surface area contributed by atoms with Crippen molar-refractivity contribution in [1.29, 1.82) is 0 Å². The second-order valence-electron chi connectivity index (χ2n) is 4.60. The van der Waals surface area contributed by atoms with Crippen molar-refractivity contribution < 1.29 is 9.90 Å². The van der Waals surface area contributed by atoms with Crippen LogP contribution in [0.15, 0.2) is 0 Å². The Labute approximate surface area is 99.0 Å². The average Bonchev–Trinajstić information content (AvgIpc) is 2.17. The Balaban J connectivity index is 3.98. The monoisotopic (exact) mass is 230 g/mol. The van der Waals surface area contributed by atoms with E-state index in [1.54, 1.807) is 0 Å². The third kappa shape index (κ3) is 6.80. The van der Waals surface area contributed by atoms with Crippen LogP contribution in [-0.4, -0.2) is 48.2 Å². The number of nitrogens with zero attached hydrogens (tertiary/aromatic N) is 1. The summed E-state index contributed by atoms with van der Waals surface area (Å²) >= 11 is 0. The summed E-state index contributed by atoms with van der Waals surface area (Å²) in [7, 11) is 0. The van der Waals surface area contributed by atoms with Crippen molar-refractivity contribution in [2.45, 2.75) is 40.2 Å². The van der Waals surface area contributed by atoms with E-state index in [0.29, 0.717) is 19.0 Å². The maximum Gasteiger partial charge on any atom is 0.234 e. The molecule has 0 radical (unpaired) electrons. The van der Waals surface area contributed by atoms with Crippen molar-refractivity contribution in [2.24, 2.45) is 5.92 Å². The number of hydrogen-bond donors (Lipinski definition) is 2. The molecule has 0 aliphatic rings. The first-order chi connectivity index (χ1) is 7.51. The molecule has 0 aliphatic heterocycles. The molecule has 16 heavy (non-hydrogen) atoms. The molecule has 1 unspecified atom stereocenters. The van der Waals surface area contributed by atoms with Crippen molar-refractivity contribution >= 4 is 5.91 Å². The largest absolute Gasteiger partial charge is 0.395 e. The Kier molecular flexibility index (Phi) is 8.21. The fourth-order valence-electron chi connectivity index (χ4n) is 1.40. The quantitative estimate of drug-likeness (QED) is 0.650. The van der Waals surface area contributed by atoms with Gasteiger partial charge in [-0.05, 0) is 25.8 Å². The van der Waals surface area contributed by atoms with Gasteiger partial charge < -0.3 is 10.4 Å². The molecule has 0 saturated carbocycles. The van der Waals surface area contributed by atoms with Crippen LogP contribution in [0.2, 0.25) is 0 Å². The summed E-state index contributed by atoms with van der Waals surface area (Å²) in [6.45, 7) is 10.2. The Bertz CT molecular complexity index is 189. The fourth-order valence-corrected chi connectivity index (χ4v) is 1.40. The lowest BCUT2D eigenvalue weighted by Crippen LogP contribution is -2.43. The number of rotatable bonds is 8. The third-order valence-electron chi connectivity index (χ3n) is 2.71. The van der Waals surface area contributed by atoms with Crippen LogP contribution in [0.4, 0.5) is 0 Å². The topological polar surface area (TPSA) is 52.6 Å². The van der Waals surface area contributed by atoms with Crippen molar-refractivity contribution in [3.63, 3.8) is 0 Å². The number of nitrogens with one attached hydrogen (secondary N) is 1. The lowest BCUT2D eigenvalue weighted by Gasteiger charge is -2.23. The van der Waals surface area contributed by atoms with Crippen LogP contribution < -0.4 is 5.32 Å². The minimum absolute atomic E-state index is 0.0445. The van der Waals surface area contributed by atoms with Crippen LogP contribution in [0.3, 0.4) is 0 Å². The van der Waals surface area contributed by atoms with Crippen molar-refractivity contribution in [3.8, 4) is 0 Å². The highest BCUT2D eigenvalue weighted by atomic mass is 16.3. The predicted molar refractivity (Wildman–Crippen MR) is 66.3 cm³/mol. The lowest BCUT2D eigenvalue weighted by molar-refractivity contribution is -0.123. The molecule has 1 atom stereocenters. The second-order valence-corrected chi connectivity index (χ2v) is 4.60. The summed E-state index contributed by atoms with van der Waals surface area (Å²) in [5.41, 5.74) is 0. The van der Waals surface area contributed by atoms with Gasteiger partial charge in [0.15, 0.2) is 0 Å². The second kappa shape index (κ2) is 8.53. The highest BCUT2D eigenvalue weighted by Crippen LogP contribution is 2.00. The molecule has 4 nitrogen and oxygen atoms in total. The number of carbonyl (C=O) groups excluding carboxylic acids is 1. The molecule has 0 aliphatic carbocycles.